The monoisotopic (exact) mass is 434 g/mol. The Hall–Kier alpha value is -1.90. The lowest BCUT2D eigenvalue weighted by Crippen LogP contribution is -2.35. The number of carbonyl (C=O) groups is 1. The average Bonchev–Trinajstić information content (AvgIpc) is 3.19. The zero-order valence-electron chi connectivity index (χ0n) is 16.6. The van der Waals surface area contributed by atoms with Gasteiger partial charge in [0, 0.05) is 18.0 Å². The Morgan fingerprint density at radius 3 is 2.55 bits per heavy atom. The van der Waals surface area contributed by atoms with Crippen LogP contribution in [0.25, 0.3) is 0 Å². The fourth-order valence-corrected chi connectivity index (χ4v) is 6.68. The zero-order chi connectivity index (χ0) is 20.4. The third kappa shape index (κ3) is 4.20. The lowest BCUT2D eigenvalue weighted by molar-refractivity contribution is 0.103. The fourth-order valence-electron chi connectivity index (χ4n) is 3.99. The highest BCUT2D eigenvalue weighted by Gasteiger charge is 2.27. The summed E-state index contributed by atoms with van der Waals surface area (Å²) in [4.78, 5) is 15.0. The molecule has 29 heavy (non-hydrogen) atoms. The summed E-state index contributed by atoms with van der Waals surface area (Å²) in [5.41, 5.74) is 1.64. The number of anilines is 1. The standard InChI is InChI=1S/C21H26N2O4S2/c1-27-18-10-9-16(29(25,26)23-11-5-2-6-12-23)14-17(18)22-21(24)20-13-15-7-3-4-8-19(15)28-20/h9-10,13-14H,2-8,11-12H2,1H3,(H,22,24). The maximum Gasteiger partial charge on any atom is 0.265 e. The Balaban J connectivity index is 1.60. The Bertz CT molecular complexity index is 984. The number of hydrogen-bond donors (Lipinski definition) is 1. The van der Waals surface area contributed by atoms with Gasteiger partial charge in [0.1, 0.15) is 5.75 Å². The first-order chi connectivity index (χ1) is 14.0. The number of ether oxygens (including phenoxy) is 1. The fraction of sp³-hybridized carbons (Fsp3) is 0.476. The SMILES string of the molecule is COc1ccc(S(=O)(=O)N2CCCCC2)cc1NC(=O)c1cc2c(s1)CCCC2. The van der Waals surface area contributed by atoms with Crippen molar-refractivity contribution in [3.05, 3.63) is 39.6 Å². The van der Waals surface area contributed by atoms with E-state index in [1.54, 1.807) is 12.1 Å². The van der Waals surface area contributed by atoms with Crippen molar-refractivity contribution in [2.75, 3.05) is 25.5 Å². The van der Waals surface area contributed by atoms with E-state index in [4.69, 9.17) is 4.74 Å². The molecule has 0 unspecified atom stereocenters. The largest absolute Gasteiger partial charge is 0.495 e. The van der Waals surface area contributed by atoms with Gasteiger partial charge in [0.25, 0.3) is 5.91 Å². The Morgan fingerprint density at radius 1 is 1.07 bits per heavy atom. The second-order valence-corrected chi connectivity index (χ2v) is 10.6. The van der Waals surface area contributed by atoms with E-state index in [1.165, 1.54) is 45.7 Å². The third-order valence-corrected chi connectivity index (χ3v) is 8.72. The Labute approximate surface area is 175 Å². The molecule has 1 N–H and O–H groups in total. The van der Waals surface area contributed by atoms with Crippen LogP contribution in [-0.4, -0.2) is 38.8 Å². The van der Waals surface area contributed by atoms with Crippen LogP contribution in [0.5, 0.6) is 5.75 Å². The maximum atomic E-state index is 13.0. The van der Waals surface area contributed by atoms with E-state index < -0.39 is 10.0 Å². The average molecular weight is 435 g/mol. The summed E-state index contributed by atoms with van der Waals surface area (Å²) in [6, 6.07) is 6.62. The number of fused-ring (bicyclic) bond motifs is 1. The van der Waals surface area contributed by atoms with Crippen LogP contribution >= 0.6 is 11.3 Å². The van der Waals surface area contributed by atoms with Gasteiger partial charge in [0.2, 0.25) is 10.0 Å². The Kier molecular flexibility index (Phi) is 5.94. The smallest absolute Gasteiger partial charge is 0.265 e. The minimum atomic E-state index is -3.58. The summed E-state index contributed by atoms with van der Waals surface area (Å²) in [5, 5.41) is 2.87. The van der Waals surface area contributed by atoms with Crippen molar-refractivity contribution in [1.82, 2.24) is 4.31 Å². The van der Waals surface area contributed by atoms with Gasteiger partial charge in [-0.1, -0.05) is 6.42 Å². The van der Waals surface area contributed by atoms with Gasteiger partial charge >= 0.3 is 0 Å². The molecule has 0 saturated carbocycles. The van der Waals surface area contributed by atoms with Crippen molar-refractivity contribution in [3.8, 4) is 5.75 Å². The van der Waals surface area contributed by atoms with Crippen LogP contribution in [0, 0.1) is 0 Å². The number of nitrogens with zero attached hydrogens (tertiary/aromatic N) is 1. The molecule has 1 saturated heterocycles. The van der Waals surface area contributed by atoms with Crippen molar-refractivity contribution in [1.29, 1.82) is 0 Å². The molecular formula is C21H26N2O4S2. The molecular weight excluding hydrogens is 408 g/mol. The predicted molar refractivity (Wildman–Crippen MR) is 115 cm³/mol. The summed E-state index contributed by atoms with van der Waals surface area (Å²) in [5.74, 6) is 0.215. The number of methoxy groups -OCH3 is 1. The molecule has 1 aliphatic carbocycles. The molecule has 1 amide bonds. The van der Waals surface area contributed by atoms with Gasteiger partial charge in [0.05, 0.1) is 22.6 Å². The van der Waals surface area contributed by atoms with E-state index in [-0.39, 0.29) is 10.8 Å². The molecule has 0 radical (unpaired) electrons. The van der Waals surface area contributed by atoms with Crippen LogP contribution < -0.4 is 10.1 Å². The number of hydrogen-bond acceptors (Lipinski definition) is 5. The molecule has 2 aliphatic rings. The van der Waals surface area contributed by atoms with Crippen LogP contribution in [0.2, 0.25) is 0 Å². The van der Waals surface area contributed by atoms with Gasteiger partial charge < -0.3 is 10.1 Å². The number of nitrogens with one attached hydrogen (secondary N) is 1. The number of thiophene rings is 1. The van der Waals surface area contributed by atoms with Gasteiger partial charge in [-0.25, -0.2) is 8.42 Å². The van der Waals surface area contributed by atoms with Crippen molar-refractivity contribution >= 4 is 33.0 Å². The summed E-state index contributed by atoms with van der Waals surface area (Å²) in [6.07, 6.45) is 7.19. The molecule has 0 bridgehead atoms. The number of aryl methyl sites for hydroxylation is 2. The van der Waals surface area contributed by atoms with Gasteiger partial charge in [0.15, 0.2) is 0 Å². The number of sulfonamides is 1. The van der Waals surface area contributed by atoms with Crippen LogP contribution in [0.15, 0.2) is 29.2 Å². The second-order valence-electron chi connectivity index (χ2n) is 7.55. The maximum absolute atomic E-state index is 13.0. The summed E-state index contributed by atoms with van der Waals surface area (Å²) in [6.45, 7) is 1.08. The quantitative estimate of drug-likeness (QED) is 0.770. The molecule has 8 heteroatoms. The zero-order valence-corrected chi connectivity index (χ0v) is 18.2. The topological polar surface area (TPSA) is 75.7 Å². The van der Waals surface area contributed by atoms with Crippen molar-refractivity contribution < 1.29 is 17.9 Å². The summed E-state index contributed by atoms with van der Waals surface area (Å²) in [7, 11) is -2.08. The Morgan fingerprint density at radius 2 is 1.83 bits per heavy atom. The van der Waals surface area contributed by atoms with Gasteiger partial charge in [-0.2, -0.15) is 4.31 Å². The van der Waals surface area contributed by atoms with Crippen molar-refractivity contribution in [3.63, 3.8) is 0 Å². The molecule has 0 spiro atoms. The predicted octanol–water partition coefficient (Wildman–Crippen LogP) is 4.06. The molecule has 156 valence electrons. The number of amides is 1. The number of carbonyl (C=O) groups excluding carboxylic acids is 1. The van der Waals surface area contributed by atoms with E-state index >= 15 is 0 Å². The first-order valence-electron chi connectivity index (χ1n) is 10.1. The van der Waals surface area contributed by atoms with Crippen molar-refractivity contribution in [2.45, 2.75) is 49.8 Å². The molecule has 1 aromatic heterocycles. The molecule has 1 aliphatic heterocycles. The summed E-state index contributed by atoms with van der Waals surface area (Å²) >= 11 is 1.53. The van der Waals surface area contributed by atoms with E-state index in [0.717, 1.165) is 38.5 Å². The second kappa shape index (κ2) is 8.45. The minimum Gasteiger partial charge on any atom is -0.495 e. The lowest BCUT2D eigenvalue weighted by Gasteiger charge is -2.26. The van der Waals surface area contributed by atoms with Crippen LogP contribution in [0.3, 0.4) is 0 Å². The summed E-state index contributed by atoms with van der Waals surface area (Å²) < 4.78 is 32.9. The first-order valence-corrected chi connectivity index (χ1v) is 12.4. The highest BCUT2D eigenvalue weighted by Crippen LogP contribution is 2.33. The van der Waals surface area contributed by atoms with Crippen LogP contribution in [-0.2, 0) is 22.9 Å². The van der Waals surface area contributed by atoms with E-state index in [9.17, 15) is 13.2 Å². The van der Waals surface area contributed by atoms with E-state index in [0.29, 0.717) is 29.4 Å². The van der Waals surface area contributed by atoms with E-state index in [1.807, 2.05) is 6.07 Å². The molecule has 1 fully saturated rings. The molecule has 2 heterocycles. The normalized spacial score (nSPS) is 17.6. The molecule has 1 aromatic carbocycles. The van der Waals surface area contributed by atoms with Gasteiger partial charge in [-0.05, 0) is 68.4 Å². The molecule has 6 nitrogen and oxygen atoms in total. The molecule has 0 atom stereocenters. The minimum absolute atomic E-state index is 0.181. The van der Waals surface area contributed by atoms with Crippen molar-refractivity contribution in [2.24, 2.45) is 0 Å². The van der Waals surface area contributed by atoms with Crippen LogP contribution in [0.1, 0.15) is 52.2 Å². The molecule has 4 rings (SSSR count). The van der Waals surface area contributed by atoms with Gasteiger partial charge in [-0.15, -0.1) is 11.3 Å². The number of rotatable bonds is 5. The number of benzene rings is 1. The van der Waals surface area contributed by atoms with E-state index in [2.05, 4.69) is 5.32 Å². The van der Waals surface area contributed by atoms with Crippen LogP contribution in [0.4, 0.5) is 5.69 Å². The highest BCUT2D eigenvalue weighted by atomic mass is 32.2. The lowest BCUT2D eigenvalue weighted by atomic mass is 9.99. The first kappa shape index (κ1) is 20.4. The van der Waals surface area contributed by atoms with Gasteiger partial charge in [-0.3, -0.25) is 4.79 Å². The highest BCUT2D eigenvalue weighted by molar-refractivity contribution is 7.89. The third-order valence-electron chi connectivity index (χ3n) is 5.59. The number of piperidine rings is 1. The molecule has 2 aromatic rings.